The van der Waals surface area contributed by atoms with Crippen LogP contribution in [0, 0.1) is 23.7 Å². The minimum Gasteiger partial charge on any atom is -0.490 e. The summed E-state index contributed by atoms with van der Waals surface area (Å²) in [5.41, 5.74) is 3.21. The zero-order chi connectivity index (χ0) is 30.9. The summed E-state index contributed by atoms with van der Waals surface area (Å²) in [6.07, 6.45) is 7.60. The molecule has 232 valence electrons. The molecule has 2 N–H and O–H groups in total. The number of amides is 1. The molecule has 1 heterocycles. The van der Waals surface area contributed by atoms with E-state index in [2.05, 4.69) is 34.9 Å². The monoisotopic (exact) mass is 626 g/mol. The second kappa shape index (κ2) is 12.7. The van der Waals surface area contributed by atoms with E-state index >= 15 is 0 Å². The summed E-state index contributed by atoms with van der Waals surface area (Å²) in [7, 11) is -3.86. The Morgan fingerprint density at radius 2 is 2.00 bits per heavy atom. The van der Waals surface area contributed by atoms with Gasteiger partial charge in [-0.3, -0.25) is 4.79 Å². The van der Waals surface area contributed by atoms with Crippen LogP contribution in [0.3, 0.4) is 0 Å². The maximum absolute atomic E-state index is 13.3. The number of aliphatic hydroxyl groups excluding tert-OH is 1. The first-order valence-corrected chi connectivity index (χ1v) is 17.3. The molecule has 5 rings (SSSR count). The number of nitrogens with zero attached hydrogens (tertiary/aromatic N) is 1. The Bertz CT molecular complexity index is 1490. The van der Waals surface area contributed by atoms with E-state index in [9.17, 15) is 18.3 Å². The van der Waals surface area contributed by atoms with Gasteiger partial charge < -0.3 is 14.7 Å². The highest BCUT2D eigenvalue weighted by atomic mass is 35.5. The van der Waals surface area contributed by atoms with Gasteiger partial charge in [-0.15, -0.1) is 13.2 Å². The molecule has 1 fully saturated rings. The smallest absolute Gasteiger partial charge is 0.264 e. The summed E-state index contributed by atoms with van der Waals surface area (Å²) in [5.74, 6) is -0.0113. The predicted octanol–water partition coefficient (Wildman–Crippen LogP) is 5.90. The zero-order valence-corrected chi connectivity index (χ0v) is 26.7. The molecule has 0 saturated heterocycles. The van der Waals surface area contributed by atoms with E-state index in [0.717, 1.165) is 42.8 Å². The van der Waals surface area contributed by atoms with Crippen LogP contribution in [0.25, 0.3) is 0 Å². The van der Waals surface area contributed by atoms with Crippen LogP contribution in [0.5, 0.6) is 5.75 Å². The number of sulfonamides is 1. The molecule has 0 unspecified atom stereocenters. The maximum atomic E-state index is 13.3. The van der Waals surface area contributed by atoms with Crippen LogP contribution in [0.1, 0.15) is 61.0 Å². The third kappa shape index (κ3) is 6.66. The molecule has 0 bridgehead atoms. The lowest BCUT2D eigenvalue weighted by molar-refractivity contribution is 0.0460. The van der Waals surface area contributed by atoms with Gasteiger partial charge >= 0.3 is 0 Å². The number of halogens is 1. The number of hydrogen-bond acceptors (Lipinski definition) is 6. The van der Waals surface area contributed by atoms with Gasteiger partial charge in [0.25, 0.3) is 5.91 Å². The van der Waals surface area contributed by atoms with E-state index < -0.39 is 22.0 Å². The third-order valence-electron chi connectivity index (χ3n) is 9.91. The summed E-state index contributed by atoms with van der Waals surface area (Å²) < 4.78 is 34.5. The molecule has 1 saturated carbocycles. The van der Waals surface area contributed by atoms with Gasteiger partial charge in [0.05, 0.1) is 24.2 Å². The first-order valence-electron chi connectivity index (χ1n) is 15.2. The number of carbonyl (C=O) groups is 1. The normalized spacial score (nSPS) is 25.2. The highest BCUT2D eigenvalue weighted by Gasteiger charge is 2.44. The molecule has 0 aromatic heterocycles. The molecule has 1 amide bonds. The van der Waals surface area contributed by atoms with Crippen molar-refractivity contribution in [3.63, 3.8) is 0 Å². The molecular weight excluding hydrogens is 584 g/mol. The van der Waals surface area contributed by atoms with Crippen molar-refractivity contribution in [2.45, 2.75) is 57.5 Å². The van der Waals surface area contributed by atoms with Gasteiger partial charge in [-0.2, -0.15) is 0 Å². The van der Waals surface area contributed by atoms with Crippen molar-refractivity contribution in [3.8, 4) is 5.75 Å². The highest BCUT2D eigenvalue weighted by Crippen LogP contribution is 2.46. The van der Waals surface area contributed by atoms with Crippen LogP contribution in [0.15, 0.2) is 61.7 Å². The standard InChI is InChI=1S/C34H43ClN2O5S/c1-5-22(3)23(4)19-43(40,41)36-33(39)25-10-14-32-30(17-25)37(18-26-9-12-28(26)31(38)6-2)20-34(21-42-32)15-7-8-24-16-27(35)11-13-29(24)34/h5-6,10-11,13-14,16-17,22-23,26,28,31,38H,1-2,7-9,12,15,18-21H2,3-4H3,(H,36,39)/t22-,23+,26-,28+,31-,34-/m0/s1. The number of rotatable bonds is 10. The number of aliphatic hydroxyl groups is 1. The number of aryl methyl sites for hydroxylation is 1. The largest absolute Gasteiger partial charge is 0.490 e. The van der Waals surface area contributed by atoms with Gasteiger partial charge in [0.15, 0.2) is 0 Å². The molecule has 2 aliphatic carbocycles. The number of anilines is 1. The van der Waals surface area contributed by atoms with Gasteiger partial charge in [-0.1, -0.05) is 43.7 Å². The molecule has 0 radical (unpaired) electrons. The summed E-state index contributed by atoms with van der Waals surface area (Å²) in [5, 5.41) is 11.3. The van der Waals surface area contributed by atoms with Crippen LogP contribution >= 0.6 is 11.6 Å². The van der Waals surface area contributed by atoms with Crippen molar-refractivity contribution in [2.24, 2.45) is 23.7 Å². The topological polar surface area (TPSA) is 95.9 Å². The van der Waals surface area contributed by atoms with E-state index in [1.165, 1.54) is 11.1 Å². The summed E-state index contributed by atoms with van der Waals surface area (Å²) in [4.78, 5) is 15.6. The number of hydrogen-bond donors (Lipinski definition) is 2. The quantitative estimate of drug-likeness (QED) is 0.319. The van der Waals surface area contributed by atoms with Gasteiger partial charge in [0.2, 0.25) is 10.0 Å². The van der Waals surface area contributed by atoms with E-state index in [4.69, 9.17) is 16.3 Å². The van der Waals surface area contributed by atoms with Crippen molar-refractivity contribution < 1.29 is 23.1 Å². The number of fused-ring (bicyclic) bond motifs is 3. The van der Waals surface area contributed by atoms with Crippen LogP contribution in [0.4, 0.5) is 5.69 Å². The Hall–Kier alpha value is -2.81. The Morgan fingerprint density at radius 3 is 2.70 bits per heavy atom. The van der Waals surface area contributed by atoms with Gasteiger partial charge in [0, 0.05) is 29.1 Å². The average molecular weight is 627 g/mol. The van der Waals surface area contributed by atoms with Crippen LogP contribution < -0.4 is 14.4 Å². The average Bonchev–Trinajstić information content (AvgIpc) is 3.11. The van der Waals surface area contributed by atoms with Crippen molar-refractivity contribution in [3.05, 3.63) is 83.4 Å². The van der Waals surface area contributed by atoms with E-state index in [1.54, 1.807) is 30.4 Å². The summed E-state index contributed by atoms with van der Waals surface area (Å²) in [6.45, 7) is 13.1. The van der Waals surface area contributed by atoms with E-state index in [1.807, 2.05) is 19.9 Å². The highest BCUT2D eigenvalue weighted by molar-refractivity contribution is 7.90. The Labute approximate surface area is 261 Å². The molecular formula is C34H43ClN2O5S. The predicted molar refractivity (Wildman–Crippen MR) is 172 cm³/mol. The molecule has 43 heavy (non-hydrogen) atoms. The SMILES string of the molecule is C=C[C@H](C)[C@H](C)CS(=O)(=O)NC(=O)c1ccc2c(c1)N(C[C@@H]1CC[C@H]1[C@@H](O)C=C)C[C@@]1(CCCc3cc(Cl)ccc31)CO2. The first-order chi connectivity index (χ1) is 20.4. The second-order valence-corrected chi connectivity index (χ2v) is 15.0. The van der Waals surface area contributed by atoms with Crippen molar-refractivity contribution >= 4 is 33.2 Å². The van der Waals surface area contributed by atoms with Crippen LogP contribution in [0.2, 0.25) is 5.02 Å². The molecule has 2 aromatic carbocycles. The number of carbonyl (C=O) groups excluding carboxylic acids is 1. The number of ether oxygens (including phenoxy) is 1. The number of benzene rings is 2. The molecule has 6 atom stereocenters. The Balaban J connectivity index is 1.47. The minimum absolute atomic E-state index is 0.00641. The zero-order valence-electron chi connectivity index (χ0n) is 25.1. The molecule has 3 aliphatic rings. The molecule has 1 spiro atoms. The Morgan fingerprint density at radius 1 is 1.21 bits per heavy atom. The number of allylic oxidation sites excluding steroid dienone is 1. The molecule has 9 heteroatoms. The molecule has 1 aliphatic heterocycles. The fourth-order valence-electron chi connectivity index (χ4n) is 6.96. The van der Waals surface area contributed by atoms with Crippen LogP contribution in [-0.2, 0) is 21.9 Å². The van der Waals surface area contributed by atoms with Crippen molar-refractivity contribution in [2.75, 3.05) is 30.3 Å². The third-order valence-corrected chi connectivity index (χ3v) is 11.6. The van der Waals surface area contributed by atoms with Gasteiger partial charge in [-0.25, -0.2) is 13.1 Å². The second-order valence-electron chi connectivity index (χ2n) is 12.8. The number of nitrogens with one attached hydrogen (secondary N) is 1. The van der Waals surface area contributed by atoms with Crippen molar-refractivity contribution in [1.29, 1.82) is 0 Å². The van der Waals surface area contributed by atoms with E-state index in [-0.39, 0.29) is 40.4 Å². The minimum atomic E-state index is -3.86. The van der Waals surface area contributed by atoms with Gasteiger partial charge in [-0.05, 0) is 97.2 Å². The summed E-state index contributed by atoms with van der Waals surface area (Å²) in [6, 6.07) is 11.3. The van der Waals surface area contributed by atoms with Gasteiger partial charge in [0.1, 0.15) is 5.75 Å². The maximum Gasteiger partial charge on any atom is 0.264 e. The molecule has 2 aromatic rings. The fraction of sp³-hybridized carbons (Fsp3) is 0.500. The molecule has 7 nitrogen and oxygen atoms in total. The van der Waals surface area contributed by atoms with Crippen LogP contribution in [-0.4, -0.2) is 51.0 Å². The lowest BCUT2D eigenvalue weighted by Gasteiger charge is -2.45. The lowest BCUT2D eigenvalue weighted by Crippen LogP contribution is -2.49. The van der Waals surface area contributed by atoms with E-state index in [0.29, 0.717) is 25.4 Å². The Kier molecular flexibility index (Phi) is 9.31. The first kappa shape index (κ1) is 31.6. The summed E-state index contributed by atoms with van der Waals surface area (Å²) >= 11 is 6.38. The van der Waals surface area contributed by atoms with Crippen molar-refractivity contribution in [1.82, 2.24) is 4.72 Å². The lowest BCUT2D eigenvalue weighted by atomic mass is 9.68. The fourth-order valence-corrected chi connectivity index (χ4v) is 8.63.